The molecule has 1 aromatic carbocycles. The van der Waals surface area contributed by atoms with E-state index < -0.39 is 5.60 Å². The number of benzene rings is 1. The third-order valence-electron chi connectivity index (χ3n) is 5.73. The van der Waals surface area contributed by atoms with Crippen LogP contribution < -0.4 is 15.0 Å². The van der Waals surface area contributed by atoms with Crippen molar-refractivity contribution >= 4 is 0 Å². The van der Waals surface area contributed by atoms with Crippen LogP contribution in [0.5, 0.6) is 11.8 Å². The Hall–Kier alpha value is -4.11. The Morgan fingerprint density at radius 2 is 1.81 bits per heavy atom. The number of hydrogen-bond acceptors (Lipinski definition) is 8. The van der Waals surface area contributed by atoms with Crippen LogP contribution in [0.1, 0.15) is 42.3 Å². The van der Waals surface area contributed by atoms with Gasteiger partial charge in [0.05, 0.1) is 29.7 Å². The van der Waals surface area contributed by atoms with Crippen molar-refractivity contribution in [3.8, 4) is 28.7 Å². The number of aliphatic hydroxyl groups is 1. The summed E-state index contributed by atoms with van der Waals surface area (Å²) >= 11 is 0. The Balaban J connectivity index is 1.71. The second kappa shape index (κ2) is 9.87. The number of pyridine rings is 1. The zero-order valence-electron chi connectivity index (χ0n) is 21.2. The molecule has 0 aliphatic carbocycles. The summed E-state index contributed by atoms with van der Waals surface area (Å²) in [5.74, 6) is 1.55. The molecule has 3 aromatic heterocycles. The van der Waals surface area contributed by atoms with E-state index in [2.05, 4.69) is 19.9 Å². The molecule has 0 saturated heterocycles. The molecule has 0 amide bonds. The molecule has 0 fully saturated rings. The summed E-state index contributed by atoms with van der Waals surface area (Å²) in [6.07, 6.45) is 1.61. The lowest BCUT2D eigenvalue weighted by molar-refractivity contribution is 0.0688. The molecule has 0 unspecified atom stereocenters. The minimum Gasteiger partial charge on any atom is -0.481 e. The van der Waals surface area contributed by atoms with Crippen molar-refractivity contribution in [2.24, 2.45) is 0 Å². The van der Waals surface area contributed by atoms with E-state index in [-0.39, 0.29) is 18.0 Å². The van der Waals surface area contributed by atoms with Crippen LogP contribution in [0.2, 0.25) is 0 Å². The molecule has 0 bridgehead atoms. The van der Waals surface area contributed by atoms with Crippen molar-refractivity contribution in [1.29, 1.82) is 0 Å². The first kappa shape index (κ1) is 25.0. The van der Waals surface area contributed by atoms with E-state index in [1.54, 1.807) is 57.7 Å². The first-order valence-electron chi connectivity index (χ1n) is 11.5. The maximum atomic E-state index is 13.5. The molecule has 0 saturated carbocycles. The third kappa shape index (κ3) is 5.11. The van der Waals surface area contributed by atoms with Crippen LogP contribution in [0.4, 0.5) is 0 Å². The molecule has 0 spiro atoms. The Morgan fingerprint density at radius 1 is 1.03 bits per heavy atom. The van der Waals surface area contributed by atoms with E-state index in [1.807, 2.05) is 37.3 Å². The molecular weight excluding hydrogens is 458 g/mol. The van der Waals surface area contributed by atoms with Crippen LogP contribution in [0.15, 0.2) is 53.5 Å². The average molecular weight is 488 g/mol. The summed E-state index contributed by atoms with van der Waals surface area (Å²) in [5.41, 5.74) is 2.67. The number of hydrogen-bond donors (Lipinski definition) is 1. The molecule has 0 aliphatic rings. The zero-order valence-corrected chi connectivity index (χ0v) is 21.2. The monoisotopic (exact) mass is 487 g/mol. The van der Waals surface area contributed by atoms with Crippen LogP contribution in [0.3, 0.4) is 0 Å². The molecule has 186 valence electrons. The summed E-state index contributed by atoms with van der Waals surface area (Å²) < 4.78 is 12.6. The first-order chi connectivity index (χ1) is 17.1. The van der Waals surface area contributed by atoms with Crippen LogP contribution in [-0.2, 0) is 12.2 Å². The minimum absolute atomic E-state index is 0.152. The topological polar surface area (TPSA) is 112 Å². The Morgan fingerprint density at radius 3 is 2.53 bits per heavy atom. The lowest BCUT2D eigenvalue weighted by Crippen LogP contribution is -2.26. The van der Waals surface area contributed by atoms with Gasteiger partial charge in [-0.25, -0.2) is 15.0 Å². The number of aromatic nitrogens is 5. The van der Waals surface area contributed by atoms with Gasteiger partial charge in [0, 0.05) is 17.8 Å². The number of methoxy groups -OCH3 is 1. The highest BCUT2D eigenvalue weighted by Crippen LogP contribution is 2.26. The van der Waals surface area contributed by atoms with Gasteiger partial charge in [-0.1, -0.05) is 18.2 Å². The quantitative estimate of drug-likeness (QED) is 0.419. The summed E-state index contributed by atoms with van der Waals surface area (Å²) in [6, 6.07) is 12.9. The van der Waals surface area contributed by atoms with Gasteiger partial charge in [-0.05, 0) is 58.4 Å². The molecule has 4 aromatic rings. The van der Waals surface area contributed by atoms with E-state index in [4.69, 9.17) is 9.47 Å². The fraction of sp³-hybridized carbons (Fsp3) is 0.296. The van der Waals surface area contributed by atoms with E-state index in [0.29, 0.717) is 40.2 Å². The first-order valence-corrected chi connectivity index (χ1v) is 11.5. The molecule has 0 radical (unpaired) electrons. The van der Waals surface area contributed by atoms with Crippen molar-refractivity contribution in [2.75, 3.05) is 7.11 Å². The summed E-state index contributed by atoms with van der Waals surface area (Å²) in [4.78, 5) is 31.1. The molecule has 3 heterocycles. The van der Waals surface area contributed by atoms with Crippen molar-refractivity contribution in [3.05, 3.63) is 87.5 Å². The third-order valence-corrected chi connectivity index (χ3v) is 5.73. The van der Waals surface area contributed by atoms with Crippen LogP contribution >= 0.6 is 0 Å². The maximum Gasteiger partial charge on any atom is 0.264 e. The summed E-state index contributed by atoms with van der Waals surface area (Å²) in [7, 11) is 1.55. The zero-order chi connectivity index (χ0) is 26.0. The number of ether oxygens (including phenoxy) is 2. The Kier molecular flexibility index (Phi) is 6.85. The standard InChI is InChI=1S/C27H29N5O4/c1-16-10-11-19(21-12-13-28-26(31-21)27(4,5)34)14-22(16)32-18(3)29-24(17(2)25(32)33)36-15-20-8-7-9-23(30-20)35-6/h7-14,34H,15H2,1-6H3. The van der Waals surface area contributed by atoms with Gasteiger partial charge in [0.25, 0.3) is 5.56 Å². The predicted molar refractivity (Wildman–Crippen MR) is 135 cm³/mol. The Bertz CT molecular complexity index is 1470. The normalized spacial score (nSPS) is 11.4. The maximum absolute atomic E-state index is 13.5. The Labute approximate surface area is 209 Å². The SMILES string of the molecule is COc1cccc(COc2nc(C)n(-c3cc(-c4ccnc(C(C)(C)O)n4)ccc3C)c(=O)c2C)n1. The number of nitrogens with zero attached hydrogens (tertiary/aromatic N) is 5. The van der Waals surface area contributed by atoms with Crippen LogP contribution in [-0.4, -0.2) is 36.7 Å². The van der Waals surface area contributed by atoms with Gasteiger partial charge in [-0.3, -0.25) is 9.36 Å². The average Bonchev–Trinajstić information content (AvgIpc) is 2.86. The highest BCUT2D eigenvalue weighted by molar-refractivity contribution is 5.64. The van der Waals surface area contributed by atoms with Crippen molar-refractivity contribution in [3.63, 3.8) is 0 Å². The molecule has 0 atom stereocenters. The van der Waals surface area contributed by atoms with E-state index >= 15 is 0 Å². The van der Waals surface area contributed by atoms with Gasteiger partial charge < -0.3 is 14.6 Å². The predicted octanol–water partition coefficient (Wildman–Crippen LogP) is 3.82. The molecule has 36 heavy (non-hydrogen) atoms. The van der Waals surface area contributed by atoms with Gasteiger partial charge in [-0.2, -0.15) is 4.98 Å². The molecule has 9 nitrogen and oxygen atoms in total. The number of rotatable bonds is 7. The van der Waals surface area contributed by atoms with Crippen LogP contribution in [0, 0.1) is 20.8 Å². The molecule has 9 heteroatoms. The lowest BCUT2D eigenvalue weighted by Gasteiger charge is -2.18. The van der Waals surface area contributed by atoms with Crippen LogP contribution in [0.25, 0.3) is 16.9 Å². The fourth-order valence-electron chi connectivity index (χ4n) is 3.73. The second-order valence-corrected chi connectivity index (χ2v) is 9.02. The van der Waals surface area contributed by atoms with Gasteiger partial charge in [0.1, 0.15) is 18.0 Å². The van der Waals surface area contributed by atoms with Gasteiger partial charge >= 0.3 is 0 Å². The largest absolute Gasteiger partial charge is 0.481 e. The molecule has 1 N–H and O–H groups in total. The van der Waals surface area contributed by atoms with Gasteiger partial charge in [0.15, 0.2) is 5.82 Å². The second-order valence-electron chi connectivity index (χ2n) is 9.02. The van der Waals surface area contributed by atoms with E-state index in [1.165, 1.54) is 0 Å². The highest BCUT2D eigenvalue weighted by atomic mass is 16.5. The van der Waals surface area contributed by atoms with Gasteiger partial charge in [0.2, 0.25) is 11.8 Å². The van der Waals surface area contributed by atoms with Crippen molar-refractivity contribution in [1.82, 2.24) is 24.5 Å². The molecular formula is C27H29N5O4. The summed E-state index contributed by atoms with van der Waals surface area (Å²) in [6.45, 7) is 8.82. The van der Waals surface area contributed by atoms with E-state index in [9.17, 15) is 9.90 Å². The molecule has 4 rings (SSSR count). The van der Waals surface area contributed by atoms with Crippen molar-refractivity contribution in [2.45, 2.75) is 46.8 Å². The highest BCUT2D eigenvalue weighted by Gasteiger charge is 2.21. The molecule has 0 aliphatic heterocycles. The van der Waals surface area contributed by atoms with E-state index in [0.717, 1.165) is 11.1 Å². The lowest BCUT2D eigenvalue weighted by atomic mass is 10.1. The fourth-order valence-corrected chi connectivity index (χ4v) is 3.73. The minimum atomic E-state index is -1.17. The number of aryl methyl sites for hydroxylation is 2. The van der Waals surface area contributed by atoms with Gasteiger partial charge in [-0.15, -0.1) is 0 Å². The van der Waals surface area contributed by atoms with Crippen molar-refractivity contribution < 1.29 is 14.6 Å². The smallest absolute Gasteiger partial charge is 0.264 e. The summed E-state index contributed by atoms with van der Waals surface area (Å²) in [5, 5.41) is 10.3.